The molecule has 0 saturated carbocycles. The predicted octanol–water partition coefficient (Wildman–Crippen LogP) is 3.06. The van der Waals surface area contributed by atoms with Crippen LogP contribution in [-0.2, 0) is 4.74 Å². The van der Waals surface area contributed by atoms with Crippen molar-refractivity contribution in [1.82, 2.24) is 0 Å². The fourth-order valence-corrected chi connectivity index (χ4v) is 0.388. The molecule has 0 rings (SSSR count). The SMILES string of the molecule is FC(F)C(F)OC(F)C(F)(F)C(F)(F)F. The Hall–Kier alpha value is -0.670. The Labute approximate surface area is 76.8 Å². The van der Waals surface area contributed by atoms with Gasteiger partial charge in [-0.1, -0.05) is 0 Å². The quantitative estimate of drug-likeness (QED) is 0.697. The lowest BCUT2D eigenvalue weighted by atomic mass is 10.3. The molecule has 0 saturated heterocycles. The van der Waals surface area contributed by atoms with Crippen molar-refractivity contribution >= 4 is 0 Å². The van der Waals surface area contributed by atoms with Gasteiger partial charge in [-0.05, 0) is 0 Å². The van der Waals surface area contributed by atoms with E-state index in [1.165, 1.54) is 0 Å². The van der Waals surface area contributed by atoms with Gasteiger partial charge in [0.1, 0.15) is 0 Å². The smallest absolute Gasteiger partial charge is 0.303 e. The molecule has 0 aliphatic heterocycles. The van der Waals surface area contributed by atoms with Crippen molar-refractivity contribution in [3.05, 3.63) is 0 Å². The van der Waals surface area contributed by atoms with Gasteiger partial charge in [0.25, 0.3) is 19.1 Å². The maximum atomic E-state index is 12.0. The lowest BCUT2D eigenvalue weighted by molar-refractivity contribution is -0.358. The minimum absolute atomic E-state index is 2.55. The van der Waals surface area contributed by atoms with Crippen LogP contribution >= 0.6 is 0 Å². The Morgan fingerprint density at radius 2 is 1.20 bits per heavy atom. The molecule has 0 aliphatic carbocycles. The van der Waals surface area contributed by atoms with Gasteiger partial charge in [0.15, 0.2) is 0 Å². The van der Waals surface area contributed by atoms with Crippen molar-refractivity contribution in [2.45, 2.75) is 31.2 Å². The Bertz CT molecular complexity index is 199. The van der Waals surface area contributed by atoms with Crippen LogP contribution in [0.15, 0.2) is 0 Å². The maximum Gasteiger partial charge on any atom is 0.459 e. The molecular weight excluding hydrogens is 247 g/mol. The molecule has 0 fully saturated rings. The summed E-state index contributed by atoms with van der Waals surface area (Å²) in [6.45, 7) is 0. The van der Waals surface area contributed by atoms with E-state index in [1.54, 1.807) is 0 Å². The molecule has 15 heavy (non-hydrogen) atoms. The normalized spacial score (nSPS) is 18.0. The highest BCUT2D eigenvalue weighted by molar-refractivity contribution is 4.79. The molecule has 2 unspecified atom stereocenters. The van der Waals surface area contributed by atoms with Gasteiger partial charge < -0.3 is 4.74 Å². The van der Waals surface area contributed by atoms with E-state index in [9.17, 15) is 39.5 Å². The maximum absolute atomic E-state index is 12.0. The van der Waals surface area contributed by atoms with Gasteiger partial charge in [0.05, 0.1) is 0 Å². The standard InChI is InChI=1S/C5H3F9O/c6-1(7)2(8)15-3(9)4(10,11)5(12,13)14/h1-3H. The Balaban J connectivity index is 4.51. The van der Waals surface area contributed by atoms with E-state index >= 15 is 0 Å². The highest BCUT2D eigenvalue weighted by Crippen LogP contribution is 2.40. The van der Waals surface area contributed by atoms with E-state index in [2.05, 4.69) is 4.74 Å². The molecule has 0 aromatic rings. The average molecular weight is 250 g/mol. The van der Waals surface area contributed by atoms with Gasteiger partial charge in [-0.15, -0.1) is 0 Å². The van der Waals surface area contributed by atoms with Crippen LogP contribution in [0.25, 0.3) is 0 Å². The number of hydrogen-bond acceptors (Lipinski definition) is 1. The molecule has 0 N–H and O–H groups in total. The Morgan fingerprint density at radius 3 is 1.47 bits per heavy atom. The zero-order valence-electron chi connectivity index (χ0n) is 6.54. The summed E-state index contributed by atoms with van der Waals surface area (Å²) < 4.78 is 107. The summed E-state index contributed by atoms with van der Waals surface area (Å²) in [7, 11) is 0. The van der Waals surface area contributed by atoms with Crippen molar-refractivity contribution in [3.63, 3.8) is 0 Å². The molecule has 0 aliphatic rings. The second-order valence-electron chi connectivity index (χ2n) is 2.26. The first-order valence-electron chi connectivity index (χ1n) is 3.16. The molecule has 0 aromatic heterocycles. The summed E-state index contributed by atoms with van der Waals surface area (Å²) in [6, 6.07) is 0. The first-order chi connectivity index (χ1) is 6.50. The van der Waals surface area contributed by atoms with E-state index in [-0.39, 0.29) is 0 Å². The summed E-state index contributed by atoms with van der Waals surface area (Å²) in [5.74, 6) is -6.05. The van der Waals surface area contributed by atoms with Crippen molar-refractivity contribution in [3.8, 4) is 0 Å². The number of halogens is 9. The average Bonchev–Trinajstić information content (AvgIpc) is 2.01. The summed E-state index contributed by atoms with van der Waals surface area (Å²) in [6.07, 6.45) is -18.8. The lowest BCUT2D eigenvalue weighted by Crippen LogP contribution is -2.47. The second-order valence-corrected chi connectivity index (χ2v) is 2.26. The highest BCUT2D eigenvalue weighted by atomic mass is 19.4. The van der Waals surface area contributed by atoms with Crippen LogP contribution in [-0.4, -0.2) is 31.2 Å². The lowest BCUT2D eigenvalue weighted by Gasteiger charge is -2.23. The van der Waals surface area contributed by atoms with E-state index in [0.29, 0.717) is 0 Å². The first kappa shape index (κ1) is 14.3. The second kappa shape index (κ2) is 4.45. The van der Waals surface area contributed by atoms with Gasteiger partial charge in [-0.2, -0.15) is 22.0 Å². The molecule has 10 heteroatoms. The fraction of sp³-hybridized carbons (Fsp3) is 1.00. The summed E-state index contributed by atoms with van der Waals surface area (Å²) in [5.41, 5.74) is 0. The topological polar surface area (TPSA) is 9.23 Å². The van der Waals surface area contributed by atoms with Crippen LogP contribution in [0.5, 0.6) is 0 Å². The van der Waals surface area contributed by atoms with Gasteiger partial charge >= 0.3 is 12.1 Å². The van der Waals surface area contributed by atoms with Crippen molar-refractivity contribution in [2.75, 3.05) is 0 Å². The summed E-state index contributed by atoms with van der Waals surface area (Å²) in [4.78, 5) is 0. The van der Waals surface area contributed by atoms with E-state index in [1.807, 2.05) is 0 Å². The Morgan fingerprint density at radius 1 is 0.800 bits per heavy atom. The highest BCUT2D eigenvalue weighted by Gasteiger charge is 2.65. The van der Waals surface area contributed by atoms with E-state index < -0.39 is 31.2 Å². The van der Waals surface area contributed by atoms with Crippen LogP contribution < -0.4 is 0 Å². The van der Waals surface area contributed by atoms with Gasteiger partial charge in [0, 0.05) is 0 Å². The molecule has 0 heterocycles. The molecule has 0 bridgehead atoms. The number of rotatable bonds is 4. The molecule has 1 nitrogen and oxygen atoms in total. The van der Waals surface area contributed by atoms with Crippen molar-refractivity contribution < 1.29 is 44.3 Å². The summed E-state index contributed by atoms with van der Waals surface area (Å²) >= 11 is 0. The molecule has 2 atom stereocenters. The fourth-order valence-electron chi connectivity index (χ4n) is 0.388. The molecule has 0 spiro atoms. The number of alkyl halides is 9. The number of ether oxygens (including phenoxy) is 1. The third-order valence-corrected chi connectivity index (χ3v) is 1.11. The predicted molar refractivity (Wildman–Crippen MR) is 27.9 cm³/mol. The third-order valence-electron chi connectivity index (χ3n) is 1.11. The Kier molecular flexibility index (Phi) is 4.26. The molecule has 0 aromatic carbocycles. The van der Waals surface area contributed by atoms with Gasteiger partial charge in [-0.25, -0.2) is 17.6 Å². The van der Waals surface area contributed by atoms with E-state index in [4.69, 9.17) is 0 Å². The molecule has 0 amide bonds. The van der Waals surface area contributed by atoms with Crippen LogP contribution in [0, 0.1) is 0 Å². The molecule has 92 valence electrons. The van der Waals surface area contributed by atoms with Gasteiger partial charge in [-0.3, -0.25) is 0 Å². The van der Waals surface area contributed by atoms with Crippen LogP contribution in [0.1, 0.15) is 0 Å². The van der Waals surface area contributed by atoms with Crippen LogP contribution in [0.4, 0.5) is 39.5 Å². The molecular formula is C5H3F9O. The summed E-state index contributed by atoms with van der Waals surface area (Å²) in [5, 5.41) is 0. The van der Waals surface area contributed by atoms with Gasteiger partial charge in [0.2, 0.25) is 0 Å². The first-order valence-corrected chi connectivity index (χ1v) is 3.16. The molecule has 0 radical (unpaired) electrons. The van der Waals surface area contributed by atoms with Crippen molar-refractivity contribution in [2.24, 2.45) is 0 Å². The monoisotopic (exact) mass is 250 g/mol. The zero-order chi connectivity index (χ0) is 12.4. The zero-order valence-corrected chi connectivity index (χ0v) is 6.54. The third kappa shape index (κ3) is 3.43. The van der Waals surface area contributed by atoms with E-state index in [0.717, 1.165) is 0 Å². The van der Waals surface area contributed by atoms with Crippen LogP contribution in [0.2, 0.25) is 0 Å². The van der Waals surface area contributed by atoms with Crippen LogP contribution in [0.3, 0.4) is 0 Å². The minimum atomic E-state index is -6.35. The van der Waals surface area contributed by atoms with Crippen molar-refractivity contribution in [1.29, 1.82) is 0 Å². The number of hydrogen-bond donors (Lipinski definition) is 0. The largest absolute Gasteiger partial charge is 0.459 e. The minimum Gasteiger partial charge on any atom is -0.303 e.